The van der Waals surface area contributed by atoms with E-state index in [0.29, 0.717) is 49.1 Å². The number of benzene rings is 1. The van der Waals surface area contributed by atoms with Gasteiger partial charge in [-0.2, -0.15) is 5.10 Å². The number of fused-ring (bicyclic) bond motifs is 1. The molecule has 8 nitrogen and oxygen atoms in total. The van der Waals surface area contributed by atoms with Crippen molar-refractivity contribution in [1.29, 1.82) is 0 Å². The Balaban J connectivity index is 1.72. The maximum atomic E-state index is 14.2. The number of nitrogens with zero attached hydrogens (tertiary/aromatic N) is 4. The summed E-state index contributed by atoms with van der Waals surface area (Å²) in [7, 11) is 1.56. The fourth-order valence-electron chi connectivity index (χ4n) is 3.08. The molecule has 4 rings (SSSR count). The van der Waals surface area contributed by atoms with Gasteiger partial charge in [0.15, 0.2) is 11.6 Å². The van der Waals surface area contributed by atoms with Crippen LogP contribution in [0.3, 0.4) is 0 Å². The van der Waals surface area contributed by atoms with E-state index in [1.54, 1.807) is 36.0 Å². The van der Waals surface area contributed by atoms with Crippen molar-refractivity contribution in [3.63, 3.8) is 0 Å². The Morgan fingerprint density at radius 1 is 1.29 bits per heavy atom. The first-order valence-corrected chi connectivity index (χ1v) is 9.03. The third-order valence-corrected chi connectivity index (χ3v) is 4.47. The maximum Gasteiger partial charge on any atom is 0.227 e. The lowest BCUT2D eigenvalue weighted by molar-refractivity contribution is -0.120. The Labute approximate surface area is 160 Å². The van der Waals surface area contributed by atoms with Crippen molar-refractivity contribution in [2.45, 2.75) is 19.1 Å². The van der Waals surface area contributed by atoms with Crippen molar-refractivity contribution in [2.75, 3.05) is 26.9 Å². The lowest BCUT2D eigenvalue weighted by Crippen LogP contribution is -2.32. The molecule has 1 N–H and O–H groups in total. The molecule has 1 aliphatic rings. The number of likely N-dealkylation sites (N-methyl/N-ethyl adjacent to an activating group) is 1. The third kappa shape index (κ3) is 3.85. The quantitative estimate of drug-likeness (QED) is 0.713. The molecule has 3 aromatic rings. The number of carbonyl (C=O) groups excluding carboxylic acids is 1. The Kier molecular flexibility index (Phi) is 5.27. The topological polar surface area (TPSA) is 91.2 Å². The fraction of sp³-hybridized carbons (Fsp3) is 0.368. The van der Waals surface area contributed by atoms with Crippen LogP contribution in [-0.4, -0.2) is 58.6 Å². The molecule has 3 heterocycles. The van der Waals surface area contributed by atoms with Gasteiger partial charge in [-0.05, 0) is 12.1 Å². The lowest BCUT2D eigenvalue weighted by atomic mass is 10.2. The van der Waals surface area contributed by atoms with Crippen molar-refractivity contribution < 1.29 is 18.7 Å². The van der Waals surface area contributed by atoms with Crippen LogP contribution < -0.4 is 5.32 Å². The highest BCUT2D eigenvalue weighted by Gasteiger charge is 2.21. The first-order chi connectivity index (χ1) is 13.6. The van der Waals surface area contributed by atoms with Crippen LogP contribution in [0.4, 0.5) is 4.39 Å². The van der Waals surface area contributed by atoms with Gasteiger partial charge in [0.05, 0.1) is 32.8 Å². The van der Waals surface area contributed by atoms with Crippen molar-refractivity contribution in [3.05, 3.63) is 42.0 Å². The number of hydrogen-bond acceptors (Lipinski definition) is 6. The van der Waals surface area contributed by atoms with Gasteiger partial charge in [0.1, 0.15) is 23.1 Å². The van der Waals surface area contributed by atoms with E-state index in [9.17, 15) is 9.18 Å². The number of aromatic nitrogens is 4. The second-order valence-corrected chi connectivity index (χ2v) is 6.46. The summed E-state index contributed by atoms with van der Waals surface area (Å²) in [4.78, 5) is 20.7. The van der Waals surface area contributed by atoms with Crippen LogP contribution in [-0.2, 0) is 27.2 Å². The Morgan fingerprint density at radius 3 is 2.96 bits per heavy atom. The molecule has 28 heavy (non-hydrogen) atoms. The van der Waals surface area contributed by atoms with E-state index < -0.39 is 5.82 Å². The molecule has 1 amide bonds. The average Bonchev–Trinajstić information content (AvgIpc) is 3.10. The number of rotatable bonds is 5. The highest BCUT2D eigenvalue weighted by atomic mass is 19.1. The largest absolute Gasteiger partial charge is 0.376 e. The zero-order chi connectivity index (χ0) is 19.5. The number of para-hydroxylation sites is 1. The SMILES string of the molecule is CNC(=O)Cc1nc(-c2ccc3cccc(F)c3n2)n(CC2COCCO2)n1. The predicted molar refractivity (Wildman–Crippen MR) is 99.0 cm³/mol. The molecule has 0 saturated carbocycles. The van der Waals surface area contributed by atoms with E-state index in [4.69, 9.17) is 9.47 Å². The molecule has 1 unspecified atom stereocenters. The van der Waals surface area contributed by atoms with E-state index in [-0.39, 0.29) is 23.9 Å². The molecule has 0 spiro atoms. The van der Waals surface area contributed by atoms with Crippen molar-refractivity contribution in [3.8, 4) is 11.5 Å². The van der Waals surface area contributed by atoms with Gasteiger partial charge in [0.25, 0.3) is 0 Å². The van der Waals surface area contributed by atoms with Crippen LogP contribution in [0.5, 0.6) is 0 Å². The van der Waals surface area contributed by atoms with E-state index in [1.165, 1.54) is 6.07 Å². The Morgan fingerprint density at radius 2 is 2.18 bits per heavy atom. The Bertz CT molecular complexity index is 1000. The molecule has 1 aliphatic heterocycles. The molecule has 1 saturated heterocycles. The molecular weight excluding hydrogens is 365 g/mol. The molecular formula is C19H20FN5O3. The van der Waals surface area contributed by atoms with Crippen LogP contribution in [0.15, 0.2) is 30.3 Å². The summed E-state index contributed by atoms with van der Waals surface area (Å²) < 4.78 is 27.0. The number of halogens is 1. The summed E-state index contributed by atoms with van der Waals surface area (Å²) >= 11 is 0. The minimum atomic E-state index is -0.403. The van der Waals surface area contributed by atoms with E-state index in [1.807, 2.05) is 0 Å². The van der Waals surface area contributed by atoms with Gasteiger partial charge in [0.2, 0.25) is 5.91 Å². The molecule has 0 bridgehead atoms. The molecule has 0 aliphatic carbocycles. The summed E-state index contributed by atoms with van der Waals surface area (Å²) in [5.74, 6) is 0.221. The van der Waals surface area contributed by atoms with E-state index in [0.717, 1.165) is 0 Å². The van der Waals surface area contributed by atoms with Gasteiger partial charge in [-0.25, -0.2) is 19.0 Å². The highest BCUT2D eigenvalue weighted by molar-refractivity contribution is 5.81. The highest BCUT2D eigenvalue weighted by Crippen LogP contribution is 2.22. The van der Waals surface area contributed by atoms with Gasteiger partial charge in [-0.1, -0.05) is 18.2 Å². The molecule has 1 fully saturated rings. The van der Waals surface area contributed by atoms with E-state index >= 15 is 0 Å². The van der Waals surface area contributed by atoms with Crippen molar-refractivity contribution in [1.82, 2.24) is 25.1 Å². The van der Waals surface area contributed by atoms with Crippen molar-refractivity contribution >= 4 is 16.8 Å². The standard InChI is InChI=1S/C19H20FN5O3/c1-21-17(26)9-16-23-19(25(24-16)10-13-11-27-7-8-28-13)15-6-5-12-3-2-4-14(20)18(12)22-15/h2-6,13H,7-11H2,1H3,(H,21,26). The van der Waals surface area contributed by atoms with Gasteiger partial charge < -0.3 is 14.8 Å². The summed E-state index contributed by atoms with van der Waals surface area (Å²) in [6.45, 7) is 1.92. The smallest absolute Gasteiger partial charge is 0.227 e. The zero-order valence-electron chi connectivity index (χ0n) is 15.4. The summed E-state index contributed by atoms with van der Waals surface area (Å²) in [6.07, 6.45) is -0.139. The van der Waals surface area contributed by atoms with Crippen LogP contribution in [0.1, 0.15) is 5.82 Å². The van der Waals surface area contributed by atoms with Gasteiger partial charge >= 0.3 is 0 Å². The molecule has 0 radical (unpaired) electrons. The fourth-order valence-corrected chi connectivity index (χ4v) is 3.08. The minimum Gasteiger partial charge on any atom is -0.376 e. The number of pyridine rings is 1. The van der Waals surface area contributed by atoms with Gasteiger partial charge in [0, 0.05) is 12.4 Å². The number of nitrogens with one attached hydrogen (secondary N) is 1. The predicted octanol–water partition coefficient (Wildman–Crippen LogP) is 1.34. The first-order valence-electron chi connectivity index (χ1n) is 9.03. The molecule has 1 atom stereocenters. The second-order valence-electron chi connectivity index (χ2n) is 6.46. The van der Waals surface area contributed by atoms with Crippen LogP contribution in [0.2, 0.25) is 0 Å². The van der Waals surface area contributed by atoms with Crippen LogP contribution in [0.25, 0.3) is 22.4 Å². The van der Waals surface area contributed by atoms with Crippen LogP contribution in [0, 0.1) is 5.82 Å². The Hall–Kier alpha value is -2.91. The summed E-state index contributed by atoms with van der Waals surface area (Å²) in [5.41, 5.74) is 0.740. The van der Waals surface area contributed by atoms with Gasteiger partial charge in [-0.15, -0.1) is 0 Å². The second kappa shape index (κ2) is 7.99. The summed E-state index contributed by atoms with van der Waals surface area (Å²) in [5, 5.41) is 7.70. The minimum absolute atomic E-state index is 0.0421. The number of amides is 1. The normalized spacial score (nSPS) is 17.0. The van der Waals surface area contributed by atoms with E-state index in [2.05, 4.69) is 20.4 Å². The monoisotopic (exact) mass is 385 g/mol. The molecule has 146 valence electrons. The average molecular weight is 385 g/mol. The lowest BCUT2D eigenvalue weighted by Gasteiger charge is -2.23. The molecule has 9 heteroatoms. The van der Waals surface area contributed by atoms with Crippen LogP contribution >= 0.6 is 0 Å². The third-order valence-electron chi connectivity index (χ3n) is 4.47. The first kappa shape index (κ1) is 18.5. The zero-order valence-corrected chi connectivity index (χ0v) is 15.4. The summed E-state index contributed by atoms with van der Waals surface area (Å²) in [6, 6.07) is 8.37. The number of carbonyl (C=O) groups is 1. The number of hydrogen-bond donors (Lipinski definition) is 1. The molecule has 1 aromatic carbocycles. The number of ether oxygens (including phenoxy) is 2. The van der Waals surface area contributed by atoms with Gasteiger partial charge in [-0.3, -0.25) is 4.79 Å². The van der Waals surface area contributed by atoms with Crippen molar-refractivity contribution in [2.24, 2.45) is 0 Å². The molecule has 2 aromatic heterocycles. The maximum absolute atomic E-state index is 14.2.